The van der Waals surface area contributed by atoms with Gasteiger partial charge in [-0.3, -0.25) is 4.79 Å². The monoisotopic (exact) mass is 298 g/mol. The van der Waals surface area contributed by atoms with E-state index >= 15 is 0 Å². The average molecular weight is 298 g/mol. The van der Waals surface area contributed by atoms with Crippen LogP contribution in [0.25, 0.3) is 0 Å². The van der Waals surface area contributed by atoms with Gasteiger partial charge in [-0.2, -0.15) is 0 Å². The molecular weight excluding hydrogens is 280 g/mol. The van der Waals surface area contributed by atoms with Crippen molar-refractivity contribution in [2.45, 2.75) is 18.9 Å². The highest BCUT2D eigenvalue weighted by molar-refractivity contribution is 7.92. The van der Waals surface area contributed by atoms with E-state index in [9.17, 15) is 13.2 Å². The summed E-state index contributed by atoms with van der Waals surface area (Å²) in [4.78, 5) is 12.0. The van der Waals surface area contributed by atoms with Crippen molar-refractivity contribution < 1.29 is 22.7 Å². The van der Waals surface area contributed by atoms with Crippen LogP contribution in [0.3, 0.4) is 0 Å². The fraction of sp³-hybridized carbons (Fsp3) is 0.500. The summed E-state index contributed by atoms with van der Waals surface area (Å²) in [5.41, 5.74) is 0.377. The Labute approximate surface area is 118 Å². The lowest BCUT2D eigenvalue weighted by molar-refractivity contribution is 0.102. The van der Waals surface area contributed by atoms with Gasteiger partial charge in [-0.1, -0.05) is 0 Å². The standard InChI is InChI=1S/C14H18O5S/c1-18-12-6-4-11(5-7-12)14(15)10-20(16,17)9-13-3-2-8-19-13/h4-7,13H,2-3,8-10H2,1H3. The van der Waals surface area contributed by atoms with Crippen LogP contribution < -0.4 is 4.74 Å². The van der Waals surface area contributed by atoms with E-state index in [-0.39, 0.29) is 11.9 Å². The lowest BCUT2D eigenvalue weighted by Crippen LogP contribution is -2.26. The molecule has 1 atom stereocenters. The second-order valence-electron chi connectivity index (χ2n) is 4.84. The molecule has 20 heavy (non-hydrogen) atoms. The molecule has 1 heterocycles. The molecular formula is C14H18O5S. The number of hydrogen-bond donors (Lipinski definition) is 0. The first kappa shape index (κ1) is 15.0. The third-order valence-corrected chi connectivity index (χ3v) is 4.81. The van der Waals surface area contributed by atoms with E-state index < -0.39 is 21.4 Å². The molecule has 0 aromatic heterocycles. The lowest BCUT2D eigenvalue weighted by Gasteiger charge is -2.09. The molecule has 0 bridgehead atoms. The van der Waals surface area contributed by atoms with Gasteiger partial charge in [-0.05, 0) is 37.1 Å². The maximum Gasteiger partial charge on any atom is 0.177 e. The Kier molecular flexibility index (Phi) is 4.77. The summed E-state index contributed by atoms with van der Waals surface area (Å²) in [6, 6.07) is 6.42. The largest absolute Gasteiger partial charge is 0.497 e. The van der Waals surface area contributed by atoms with Gasteiger partial charge in [-0.15, -0.1) is 0 Å². The first-order chi connectivity index (χ1) is 9.50. The molecule has 1 aliphatic heterocycles. The maximum atomic E-state index is 12.0. The molecule has 110 valence electrons. The third kappa shape index (κ3) is 4.05. The molecule has 1 aromatic carbocycles. The Morgan fingerprint density at radius 2 is 2.05 bits per heavy atom. The fourth-order valence-electron chi connectivity index (χ4n) is 2.18. The summed E-state index contributed by atoms with van der Waals surface area (Å²) in [5, 5.41) is 0. The Balaban J connectivity index is 1.98. The minimum absolute atomic E-state index is 0.0745. The summed E-state index contributed by atoms with van der Waals surface area (Å²) >= 11 is 0. The van der Waals surface area contributed by atoms with Crippen molar-refractivity contribution in [2.24, 2.45) is 0 Å². The Morgan fingerprint density at radius 1 is 1.35 bits per heavy atom. The van der Waals surface area contributed by atoms with Crippen molar-refractivity contribution in [3.63, 3.8) is 0 Å². The molecule has 1 unspecified atom stereocenters. The number of ketones is 1. The van der Waals surface area contributed by atoms with E-state index in [2.05, 4.69) is 0 Å². The van der Waals surface area contributed by atoms with Gasteiger partial charge >= 0.3 is 0 Å². The number of hydrogen-bond acceptors (Lipinski definition) is 5. The van der Waals surface area contributed by atoms with Gasteiger partial charge in [0.1, 0.15) is 11.5 Å². The van der Waals surface area contributed by atoms with Crippen molar-refractivity contribution in [3.8, 4) is 5.75 Å². The molecule has 1 saturated heterocycles. The minimum atomic E-state index is -3.43. The van der Waals surface area contributed by atoms with E-state index in [0.717, 1.165) is 12.8 Å². The summed E-state index contributed by atoms with van der Waals surface area (Å²) in [5.74, 6) is -0.317. The predicted octanol–water partition coefficient (Wildman–Crippen LogP) is 1.47. The third-order valence-electron chi connectivity index (χ3n) is 3.23. The summed E-state index contributed by atoms with van der Waals surface area (Å²) in [7, 11) is -1.90. The molecule has 0 radical (unpaired) electrons. The van der Waals surface area contributed by atoms with E-state index in [1.165, 1.54) is 7.11 Å². The van der Waals surface area contributed by atoms with Gasteiger partial charge in [-0.25, -0.2) is 8.42 Å². The number of carbonyl (C=O) groups excluding carboxylic acids is 1. The minimum Gasteiger partial charge on any atom is -0.497 e. The van der Waals surface area contributed by atoms with Crippen LogP contribution in [0.1, 0.15) is 23.2 Å². The molecule has 6 heteroatoms. The van der Waals surface area contributed by atoms with Gasteiger partial charge in [0.15, 0.2) is 15.6 Å². The molecule has 1 aliphatic rings. The summed E-state index contributed by atoms with van der Waals surface area (Å²) in [6.45, 7) is 0.604. The number of carbonyl (C=O) groups is 1. The SMILES string of the molecule is COc1ccc(C(=O)CS(=O)(=O)CC2CCCO2)cc1. The van der Waals surface area contributed by atoms with Gasteiger partial charge in [0.25, 0.3) is 0 Å². The second-order valence-corrected chi connectivity index (χ2v) is 6.95. The van der Waals surface area contributed by atoms with Crippen molar-refractivity contribution >= 4 is 15.6 Å². The molecule has 1 aromatic rings. The van der Waals surface area contributed by atoms with Crippen molar-refractivity contribution in [3.05, 3.63) is 29.8 Å². The summed E-state index contributed by atoms with van der Waals surface area (Å²) in [6.07, 6.45) is 1.37. The smallest absolute Gasteiger partial charge is 0.177 e. The quantitative estimate of drug-likeness (QED) is 0.744. The molecule has 0 amide bonds. The number of rotatable bonds is 6. The van der Waals surface area contributed by atoms with Crippen LogP contribution in [0.4, 0.5) is 0 Å². The highest BCUT2D eigenvalue weighted by atomic mass is 32.2. The van der Waals surface area contributed by atoms with E-state index in [1.807, 2.05) is 0 Å². The maximum absolute atomic E-state index is 12.0. The zero-order valence-corrected chi connectivity index (χ0v) is 12.2. The molecule has 0 aliphatic carbocycles. The highest BCUT2D eigenvalue weighted by Gasteiger charge is 2.25. The topological polar surface area (TPSA) is 69.7 Å². The average Bonchev–Trinajstić information content (AvgIpc) is 2.90. The van der Waals surface area contributed by atoms with Crippen LogP contribution in [-0.4, -0.2) is 45.5 Å². The number of Topliss-reactive ketones (excluding diaryl/α,β-unsaturated/α-hetero) is 1. The van der Waals surface area contributed by atoms with Crippen LogP contribution in [0.5, 0.6) is 5.75 Å². The lowest BCUT2D eigenvalue weighted by atomic mass is 10.1. The summed E-state index contributed by atoms with van der Waals surface area (Å²) < 4.78 is 34.2. The van der Waals surface area contributed by atoms with Gasteiger partial charge < -0.3 is 9.47 Å². The van der Waals surface area contributed by atoms with Crippen LogP contribution in [0.2, 0.25) is 0 Å². The van der Waals surface area contributed by atoms with E-state index in [0.29, 0.717) is 17.9 Å². The number of methoxy groups -OCH3 is 1. The van der Waals surface area contributed by atoms with E-state index in [1.54, 1.807) is 24.3 Å². The first-order valence-corrected chi connectivity index (χ1v) is 8.31. The molecule has 0 saturated carbocycles. The van der Waals surface area contributed by atoms with Crippen molar-refractivity contribution in [2.75, 3.05) is 25.2 Å². The normalized spacial score (nSPS) is 18.9. The van der Waals surface area contributed by atoms with Crippen LogP contribution in [0.15, 0.2) is 24.3 Å². The predicted molar refractivity (Wildman–Crippen MR) is 75.0 cm³/mol. The number of ether oxygens (including phenoxy) is 2. The zero-order valence-electron chi connectivity index (χ0n) is 11.4. The van der Waals surface area contributed by atoms with Gasteiger partial charge in [0.2, 0.25) is 0 Å². The highest BCUT2D eigenvalue weighted by Crippen LogP contribution is 2.16. The zero-order chi connectivity index (χ0) is 14.6. The molecule has 0 spiro atoms. The molecule has 0 N–H and O–H groups in total. The van der Waals surface area contributed by atoms with Crippen LogP contribution in [0, 0.1) is 0 Å². The Hall–Kier alpha value is -1.40. The number of sulfone groups is 1. The number of benzene rings is 1. The Morgan fingerprint density at radius 3 is 2.60 bits per heavy atom. The van der Waals surface area contributed by atoms with E-state index in [4.69, 9.17) is 9.47 Å². The van der Waals surface area contributed by atoms with Crippen molar-refractivity contribution in [1.29, 1.82) is 0 Å². The molecule has 1 fully saturated rings. The van der Waals surface area contributed by atoms with Crippen LogP contribution in [-0.2, 0) is 14.6 Å². The fourth-order valence-corrected chi connectivity index (χ4v) is 3.69. The van der Waals surface area contributed by atoms with Gasteiger partial charge in [0, 0.05) is 12.2 Å². The first-order valence-electron chi connectivity index (χ1n) is 6.49. The second kappa shape index (κ2) is 6.37. The Bertz CT molecular complexity index is 556. The van der Waals surface area contributed by atoms with Crippen LogP contribution >= 0.6 is 0 Å². The molecule has 2 rings (SSSR count). The molecule has 5 nitrogen and oxygen atoms in total. The van der Waals surface area contributed by atoms with Gasteiger partial charge in [0.05, 0.1) is 19.0 Å². The van der Waals surface area contributed by atoms with Crippen molar-refractivity contribution in [1.82, 2.24) is 0 Å².